The number of hydrogen-bond donors (Lipinski definition) is 1. The van der Waals surface area contributed by atoms with Crippen molar-refractivity contribution in [2.75, 3.05) is 0 Å². The van der Waals surface area contributed by atoms with Crippen LogP contribution in [-0.2, 0) is 0 Å². The highest BCUT2D eigenvalue weighted by Crippen LogP contribution is 2.26. The maximum atomic E-state index is 12.1. The molecule has 0 fully saturated rings. The molecule has 2 aromatic carbocycles. The Morgan fingerprint density at radius 2 is 1.89 bits per heavy atom. The van der Waals surface area contributed by atoms with Crippen LogP contribution in [0.4, 0.5) is 0 Å². The van der Waals surface area contributed by atoms with Gasteiger partial charge in [0, 0.05) is 16.1 Å². The average Bonchev–Trinajstić information content (AvgIpc) is 2.39. The van der Waals surface area contributed by atoms with Gasteiger partial charge in [-0.25, -0.2) is 0 Å². The van der Waals surface area contributed by atoms with Gasteiger partial charge < -0.3 is 9.52 Å². The van der Waals surface area contributed by atoms with Gasteiger partial charge in [0.15, 0.2) is 5.43 Å². The van der Waals surface area contributed by atoms with E-state index in [2.05, 4.69) is 15.9 Å². The molecular weight excluding hydrogens is 308 g/mol. The molecule has 1 aromatic heterocycles. The topological polar surface area (TPSA) is 50.4 Å². The van der Waals surface area contributed by atoms with Gasteiger partial charge in [-0.2, -0.15) is 0 Å². The van der Waals surface area contributed by atoms with Crippen LogP contribution in [0.1, 0.15) is 0 Å². The first-order valence-corrected chi connectivity index (χ1v) is 6.45. The SMILES string of the molecule is O=c1cc(-c2cccc(O)c2)oc2ccc(Br)cc12. The Morgan fingerprint density at radius 3 is 2.68 bits per heavy atom. The summed E-state index contributed by atoms with van der Waals surface area (Å²) in [5, 5.41) is 9.99. The molecule has 0 aliphatic rings. The van der Waals surface area contributed by atoms with Crippen LogP contribution >= 0.6 is 15.9 Å². The lowest BCUT2D eigenvalue weighted by atomic mass is 10.1. The Morgan fingerprint density at radius 1 is 1.05 bits per heavy atom. The Labute approximate surface area is 117 Å². The van der Waals surface area contributed by atoms with E-state index in [1.807, 2.05) is 6.07 Å². The maximum absolute atomic E-state index is 12.1. The molecule has 0 saturated carbocycles. The van der Waals surface area contributed by atoms with Crippen molar-refractivity contribution in [2.24, 2.45) is 0 Å². The van der Waals surface area contributed by atoms with Crippen molar-refractivity contribution in [1.29, 1.82) is 0 Å². The number of rotatable bonds is 1. The molecule has 0 radical (unpaired) electrons. The first-order valence-electron chi connectivity index (χ1n) is 5.66. The fourth-order valence-electron chi connectivity index (χ4n) is 1.93. The predicted molar refractivity (Wildman–Crippen MR) is 77.3 cm³/mol. The second-order valence-electron chi connectivity index (χ2n) is 4.17. The Hall–Kier alpha value is -2.07. The highest BCUT2D eigenvalue weighted by atomic mass is 79.9. The Kier molecular flexibility index (Phi) is 2.87. The van der Waals surface area contributed by atoms with E-state index in [1.54, 1.807) is 36.4 Å². The quantitative estimate of drug-likeness (QED) is 0.740. The molecule has 0 spiro atoms. The molecule has 0 aliphatic carbocycles. The van der Waals surface area contributed by atoms with Gasteiger partial charge in [-0.3, -0.25) is 4.79 Å². The van der Waals surface area contributed by atoms with Crippen LogP contribution in [0.25, 0.3) is 22.3 Å². The highest BCUT2D eigenvalue weighted by Gasteiger charge is 2.07. The molecule has 0 aliphatic heterocycles. The number of aromatic hydroxyl groups is 1. The molecule has 3 aromatic rings. The Bertz CT molecular complexity index is 821. The highest BCUT2D eigenvalue weighted by molar-refractivity contribution is 9.10. The number of fused-ring (bicyclic) bond motifs is 1. The van der Waals surface area contributed by atoms with E-state index in [0.717, 1.165) is 4.47 Å². The maximum Gasteiger partial charge on any atom is 0.193 e. The zero-order valence-electron chi connectivity index (χ0n) is 9.76. The van der Waals surface area contributed by atoms with Crippen molar-refractivity contribution in [3.63, 3.8) is 0 Å². The first kappa shape index (κ1) is 12.0. The minimum absolute atomic E-state index is 0.110. The summed E-state index contributed by atoms with van der Waals surface area (Å²) >= 11 is 3.33. The summed E-state index contributed by atoms with van der Waals surface area (Å²) < 4.78 is 6.54. The molecule has 3 rings (SSSR count). The van der Waals surface area contributed by atoms with E-state index >= 15 is 0 Å². The zero-order chi connectivity index (χ0) is 13.4. The van der Waals surface area contributed by atoms with Crippen LogP contribution in [0.15, 0.2) is 62.2 Å². The van der Waals surface area contributed by atoms with Crippen LogP contribution in [0.3, 0.4) is 0 Å². The fourth-order valence-corrected chi connectivity index (χ4v) is 2.29. The predicted octanol–water partition coefficient (Wildman–Crippen LogP) is 3.93. The van der Waals surface area contributed by atoms with E-state index < -0.39 is 0 Å². The lowest BCUT2D eigenvalue weighted by molar-refractivity contribution is 0.475. The summed E-state index contributed by atoms with van der Waals surface area (Å²) in [4.78, 5) is 12.1. The molecule has 94 valence electrons. The lowest BCUT2D eigenvalue weighted by Gasteiger charge is -2.04. The van der Waals surface area contributed by atoms with Gasteiger partial charge in [0.1, 0.15) is 17.1 Å². The summed E-state index contributed by atoms with van der Waals surface area (Å²) in [7, 11) is 0. The summed E-state index contributed by atoms with van der Waals surface area (Å²) in [5.74, 6) is 0.576. The largest absolute Gasteiger partial charge is 0.508 e. The number of phenolic OH excluding ortho intramolecular Hbond substituents is 1. The normalized spacial score (nSPS) is 10.8. The minimum atomic E-state index is -0.110. The van der Waals surface area contributed by atoms with Crippen LogP contribution in [0.2, 0.25) is 0 Å². The molecular formula is C15H9BrO3. The third-order valence-electron chi connectivity index (χ3n) is 2.82. The van der Waals surface area contributed by atoms with Crippen molar-refractivity contribution in [1.82, 2.24) is 0 Å². The standard InChI is InChI=1S/C15H9BrO3/c16-10-4-5-14-12(7-10)13(18)8-15(19-14)9-2-1-3-11(17)6-9/h1-8,17H. The smallest absolute Gasteiger partial charge is 0.193 e. The van der Waals surface area contributed by atoms with Gasteiger partial charge in [0.25, 0.3) is 0 Å². The van der Waals surface area contributed by atoms with Gasteiger partial charge in [0.05, 0.1) is 5.39 Å². The molecule has 0 bridgehead atoms. The van der Waals surface area contributed by atoms with Crippen LogP contribution in [-0.4, -0.2) is 5.11 Å². The molecule has 4 heteroatoms. The lowest BCUT2D eigenvalue weighted by Crippen LogP contribution is -2.00. The minimum Gasteiger partial charge on any atom is -0.508 e. The van der Waals surface area contributed by atoms with Gasteiger partial charge >= 0.3 is 0 Å². The van der Waals surface area contributed by atoms with Gasteiger partial charge in [-0.05, 0) is 30.3 Å². The van der Waals surface area contributed by atoms with E-state index in [9.17, 15) is 9.90 Å². The number of halogens is 1. The third kappa shape index (κ3) is 2.27. The van der Waals surface area contributed by atoms with Gasteiger partial charge in [-0.1, -0.05) is 28.1 Å². The second kappa shape index (κ2) is 4.55. The van der Waals surface area contributed by atoms with Crippen LogP contribution in [0, 0.1) is 0 Å². The molecule has 0 saturated heterocycles. The molecule has 1 heterocycles. The van der Waals surface area contributed by atoms with Crippen molar-refractivity contribution in [3.8, 4) is 17.1 Å². The number of benzene rings is 2. The fraction of sp³-hybridized carbons (Fsp3) is 0. The monoisotopic (exact) mass is 316 g/mol. The third-order valence-corrected chi connectivity index (χ3v) is 3.31. The van der Waals surface area contributed by atoms with Gasteiger partial charge in [-0.15, -0.1) is 0 Å². The summed E-state index contributed by atoms with van der Waals surface area (Å²) in [5.41, 5.74) is 1.08. The first-order chi connectivity index (χ1) is 9.13. The van der Waals surface area contributed by atoms with E-state index in [0.29, 0.717) is 22.3 Å². The van der Waals surface area contributed by atoms with Crippen LogP contribution in [0.5, 0.6) is 5.75 Å². The molecule has 19 heavy (non-hydrogen) atoms. The Balaban J connectivity index is 2.27. The second-order valence-corrected chi connectivity index (χ2v) is 5.08. The molecule has 0 unspecified atom stereocenters. The van der Waals surface area contributed by atoms with Crippen molar-refractivity contribution >= 4 is 26.9 Å². The molecule has 1 N–H and O–H groups in total. The molecule has 3 nitrogen and oxygen atoms in total. The molecule has 0 amide bonds. The average molecular weight is 317 g/mol. The van der Waals surface area contributed by atoms with Crippen LogP contribution < -0.4 is 5.43 Å². The van der Waals surface area contributed by atoms with Crippen molar-refractivity contribution in [2.45, 2.75) is 0 Å². The number of hydrogen-bond acceptors (Lipinski definition) is 3. The number of phenols is 1. The summed E-state index contributed by atoms with van der Waals surface area (Å²) in [6.07, 6.45) is 0. The van der Waals surface area contributed by atoms with Crippen molar-refractivity contribution in [3.05, 3.63) is 63.2 Å². The zero-order valence-corrected chi connectivity index (χ0v) is 11.3. The summed E-state index contributed by atoms with van der Waals surface area (Å²) in [6.45, 7) is 0. The van der Waals surface area contributed by atoms with Crippen molar-refractivity contribution < 1.29 is 9.52 Å². The van der Waals surface area contributed by atoms with E-state index in [-0.39, 0.29) is 11.2 Å². The van der Waals surface area contributed by atoms with Gasteiger partial charge in [0.2, 0.25) is 0 Å². The summed E-state index contributed by atoms with van der Waals surface area (Å²) in [6, 6.07) is 13.3. The van der Waals surface area contributed by atoms with E-state index in [1.165, 1.54) is 6.07 Å². The molecule has 0 atom stereocenters. The van der Waals surface area contributed by atoms with E-state index in [4.69, 9.17) is 4.42 Å².